The van der Waals surface area contributed by atoms with Gasteiger partial charge in [-0.15, -0.1) is 0 Å². The van der Waals surface area contributed by atoms with Crippen LogP contribution in [0.3, 0.4) is 0 Å². The number of carbonyl (C=O) groups excluding carboxylic acids is 3. The highest BCUT2D eigenvalue weighted by molar-refractivity contribution is 6.24. The lowest BCUT2D eigenvalue weighted by atomic mass is 9.86. The molecule has 2 amide bonds. The van der Waals surface area contributed by atoms with Gasteiger partial charge in [-0.2, -0.15) is 5.26 Å². The van der Waals surface area contributed by atoms with Crippen molar-refractivity contribution in [3.05, 3.63) is 98.2 Å². The molecule has 2 saturated heterocycles. The Balaban J connectivity index is 1.58. The van der Waals surface area contributed by atoms with Crippen LogP contribution >= 0.6 is 0 Å². The van der Waals surface area contributed by atoms with Gasteiger partial charge in [-0.1, -0.05) is 12.1 Å². The highest BCUT2D eigenvalue weighted by Gasteiger charge is 2.63. The van der Waals surface area contributed by atoms with E-state index in [0.29, 0.717) is 0 Å². The van der Waals surface area contributed by atoms with Gasteiger partial charge in [-0.05, 0) is 24.3 Å². The molecule has 0 spiro atoms. The molecule has 3 aliphatic rings. The topological polar surface area (TPSA) is 168 Å². The fraction of sp³-hybridized carbons (Fsp3) is 0.167. The zero-order chi connectivity index (χ0) is 25.7. The Morgan fingerprint density at radius 3 is 2.25 bits per heavy atom. The van der Waals surface area contributed by atoms with Crippen molar-refractivity contribution >= 4 is 34.7 Å². The number of nitro groups is 2. The molecule has 2 fully saturated rings. The first-order valence-electron chi connectivity index (χ1n) is 10.7. The minimum absolute atomic E-state index is 0.00564. The lowest BCUT2D eigenvalue weighted by molar-refractivity contribution is -0.385. The molecule has 3 aliphatic heterocycles. The van der Waals surface area contributed by atoms with E-state index in [2.05, 4.69) is 0 Å². The number of nitriles is 1. The average Bonchev–Trinajstić information content (AvgIpc) is 3.35. The number of non-ortho nitro benzene ring substituents is 2. The normalized spacial score (nSPS) is 24.1. The number of benzene rings is 2. The average molecular weight is 485 g/mol. The molecule has 5 rings (SSSR count). The van der Waals surface area contributed by atoms with Crippen molar-refractivity contribution < 1.29 is 24.2 Å². The fourth-order valence-electron chi connectivity index (χ4n) is 5.04. The number of carbonyl (C=O) groups is 3. The van der Waals surface area contributed by atoms with E-state index in [1.807, 2.05) is 6.07 Å². The SMILES string of the molecule is N#CC1=C[C@@H]2[C@H]3C(=O)N(c4ccc([N+](=O)[O-])cc4)C(=O)[C@@H]3[C@H](C(=O)c3cccc([N+](=O)[O-])c3)N2C=C1. The van der Waals surface area contributed by atoms with Crippen LogP contribution in [0.15, 0.2) is 72.5 Å². The van der Waals surface area contributed by atoms with Crippen molar-refractivity contribution in [2.45, 2.75) is 12.1 Å². The molecule has 12 heteroatoms. The number of rotatable bonds is 5. The van der Waals surface area contributed by atoms with Crippen LogP contribution in [0.25, 0.3) is 0 Å². The van der Waals surface area contributed by atoms with Crippen LogP contribution in [0.2, 0.25) is 0 Å². The van der Waals surface area contributed by atoms with Gasteiger partial charge >= 0.3 is 0 Å². The van der Waals surface area contributed by atoms with E-state index in [-0.39, 0.29) is 28.2 Å². The minimum atomic E-state index is -1.16. The van der Waals surface area contributed by atoms with Crippen LogP contribution in [0.1, 0.15) is 10.4 Å². The number of Topliss-reactive ketones (excluding diaryl/α,β-unsaturated/α-hetero) is 1. The van der Waals surface area contributed by atoms with E-state index < -0.39 is 51.4 Å². The zero-order valence-corrected chi connectivity index (χ0v) is 18.3. The summed E-state index contributed by atoms with van der Waals surface area (Å²) in [5.41, 5.74) is -0.136. The largest absolute Gasteiger partial charge is 0.359 e. The molecule has 0 N–H and O–H groups in total. The first kappa shape index (κ1) is 22.6. The Morgan fingerprint density at radius 1 is 0.944 bits per heavy atom. The van der Waals surface area contributed by atoms with E-state index >= 15 is 0 Å². The van der Waals surface area contributed by atoms with Gasteiger partial charge in [0.25, 0.3) is 11.4 Å². The molecule has 178 valence electrons. The van der Waals surface area contributed by atoms with E-state index in [0.717, 1.165) is 11.0 Å². The predicted octanol–water partition coefficient (Wildman–Crippen LogP) is 2.52. The Hall–Kier alpha value is -5.18. The summed E-state index contributed by atoms with van der Waals surface area (Å²) in [4.78, 5) is 64.2. The fourth-order valence-corrected chi connectivity index (χ4v) is 5.04. The summed E-state index contributed by atoms with van der Waals surface area (Å²) in [5, 5.41) is 31.6. The van der Waals surface area contributed by atoms with Gasteiger partial charge in [0.2, 0.25) is 11.8 Å². The minimum Gasteiger partial charge on any atom is -0.359 e. The van der Waals surface area contributed by atoms with Crippen molar-refractivity contribution in [3.8, 4) is 6.07 Å². The second-order valence-electron chi connectivity index (χ2n) is 8.44. The van der Waals surface area contributed by atoms with Gasteiger partial charge in [-0.25, -0.2) is 4.90 Å². The van der Waals surface area contributed by atoms with Gasteiger partial charge in [0, 0.05) is 36.0 Å². The first-order chi connectivity index (χ1) is 17.2. The third kappa shape index (κ3) is 3.33. The van der Waals surface area contributed by atoms with Gasteiger partial charge in [0.15, 0.2) is 5.78 Å². The Morgan fingerprint density at radius 2 is 1.61 bits per heavy atom. The summed E-state index contributed by atoms with van der Waals surface area (Å²) in [6.45, 7) is 0. The maximum absolute atomic E-state index is 13.6. The number of anilines is 1. The summed E-state index contributed by atoms with van der Waals surface area (Å²) in [7, 11) is 0. The molecule has 0 aliphatic carbocycles. The first-order valence-corrected chi connectivity index (χ1v) is 10.7. The van der Waals surface area contributed by atoms with Crippen LogP contribution in [0, 0.1) is 43.4 Å². The molecule has 2 aromatic carbocycles. The van der Waals surface area contributed by atoms with Crippen molar-refractivity contribution in [2.75, 3.05) is 4.90 Å². The monoisotopic (exact) mass is 485 g/mol. The summed E-state index contributed by atoms with van der Waals surface area (Å²) in [5.74, 6) is -4.00. The van der Waals surface area contributed by atoms with Crippen molar-refractivity contribution in [3.63, 3.8) is 0 Å². The summed E-state index contributed by atoms with van der Waals surface area (Å²) >= 11 is 0. The highest BCUT2D eigenvalue weighted by atomic mass is 16.6. The number of nitro benzene ring substituents is 2. The van der Waals surface area contributed by atoms with Crippen LogP contribution in [0.4, 0.5) is 17.1 Å². The molecular weight excluding hydrogens is 470 g/mol. The number of ketones is 1. The quantitative estimate of drug-likeness (QED) is 0.267. The Kier molecular flexibility index (Phi) is 5.17. The Bertz CT molecular complexity index is 1460. The summed E-state index contributed by atoms with van der Waals surface area (Å²) < 4.78 is 0. The highest BCUT2D eigenvalue weighted by Crippen LogP contribution is 2.47. The molecule has 4 atom stereocenters. The summed E-state index contributed by atoms with van der Waals surface area (Å²) in [6.07, 6.45) is 4.47. The van der Waals surface area contributed by atoms with E-state index in [1.54, 1.807) is 4.90 Å². The van der Waals surface area contributed by atoms with Gasteiger partial charge < -0.3 is 4.90 Å². The number of nitrogens with zero attached hydrogens (tertiary/aromatic N) is 5. The van der Waals surface area contributed by atoms with Crippen LogP contribution < -0.4 is 4.90 Å². The molecule has 2 aromatic rings. The number of imide groups is 1. The molecule has 0 radical (unpaired) electrons. The van der Waals surface area contributed by atoms with Crippen LogP contribution in [-0.2, 0) is 9.59 Å². The zero-order valence-electron chi connectivity index (χ0n) is 18.3. The predicted molar refractivity (Wildman–Crippen MR) is 122 cm³/mol. The number of hydrogen-bond donors (Lipinski definition) is 0. The molecule has 36 heavy (non-hydrogen) atoms. The lowest BCUT2D eigenvalue weighted by Crippen LogP contribution is -2.46. The number of allylic oxidation sites excluding steroid dienone is 2. The van der Waals surface area contributed by atoms with Gasteiger partial charge in [0.05, 0.1) is 45.1 Å². The molecule has 0 aromatic heterocycles. The number of hydrogen-bond acceptors (Lipinski definition) is 9. The van der Waals surface area contributed by atoms with Crippen molar-refractivity contribution in [1.29, 1.82) is 5.26 Å². The third-order valence-electron chi connectivity index (χ3n) is 6.61. The van der Waals surface area contributed by atoms with E-state index in [9.17, 15) is 39.9 Å². The lowest BCUT2D eigenvalue weighted by Gasteiger charge is -2.32. The van der Waals surface area contributed by atoms with Gasteiger partial charge in [0.1, 0.15) is 6.04 Å². The molecular formula is C24H15N5O7. The molecule has 0 unspecified atom stereocenters. The maximum Gasteiger partial charge on any atom is 0.270 e. The summed E-state index contributed by atoms with van der Waals surface area (Å²) in [6, 6.07) is 10.1. The standard InChI is InChI=1S/C24H15N5O7/c25-12-13-8-9-26-18(10-13)19-20(21(26)22(30)14-2-1-3-17(11-14)29(35)36)24(32)27(23(19)31)15-4-6-16(7-5-15)28(33)34/h1-11,18-21H/t18-,19-,20+,21-/m1/s1. The maximum atomic E-state index is 13.6. The molecule has 3 heterocycles. The van der Waals surface area contributed by atoms with Crippen molar-refractivity contribution in [2.24, 2.45) is 11.8 Å². The molecule has 0 bridgehead atoms. The Labute approximate surface area is 202 Å². The number of amides is 2. The van der Waals surface area contributed by atoms with Crippen molar-refractivity contribution in [1.82, 2.24) is 4.90 Å². The molecule has 12 nitrogen and oxygen atoms in total. The second-order valence-corrected chi connectivity index (χ2v) is 8.44. The smallest absolute Gasteiger partial charge is 0.270 e. The second kappa shape index (κ2) is 8.24. The van der Waals surface area contributed by atoms with E-state index in [1.165, 1.54) is 60.8 Å². The van der Waals surface area contributed by atoms with E-state index in [4.69, 9.17) is 0 Å². The number of fused-ring (bicyclic) bond motifs is 3. The van der Waals surface area contributed by atoms with Crippen LogP contribution in [-0.4, -0.2) is 44.4 Å². The van der Waals surface area contributed by atoms with Gasteiger partial charge in [-0.3, -0.25) is 34.6 Å². The molecule has 0 saturated carbocycles. The van der Waals surface area contributed by atoms with Crippen LogP contribution in [0.5, 0.6) is 0 Å². The third-order valence-corrected chi connectivity index (χ3v) is 6.61.